The van der Waals surface area contributed by atoms with E-state index in [9.17, 15) is 9.59 Å². The van der Waals surface area contributed by atoms with E-state index in [1.54, 1.807) is 18.7 Å². The molecule has 2 amide bonds. The Kier molecular flexibility index (Phi) is 7.49. The Balaban J connectivity index is 4.73. The summed E-state index contributed by atoms with van der Waals surface area (Å²) in [6.07, 6.45) is 0. The maximum absolute atomic E-state index is 12.2. The lowest BCUT2D eigenvalue weighted by Gasteiger charge is -2.29. The largest absolute Gasteiger partial charge is 0.480 e. The molecule has 2 N–H and O–H groups in total. The van der Waals surface area contributed by atoms with E-state index in [2.05, 4.69) is 5.32 Å². The lowest BCUT2D eigenvalue weighted by atomic mass is 10.1. The SMILES string of the molecule is CC(C)CN(CC(C)C)C(=O)N[C@H](C(=O)O)C(C)C. The van der Waals surface area contributed by atoms with Crippen LogP contribution in [0.4, 0.5) is 4.79 Å². The van der Waals surface area contributed by atoms with Crippen LogP contribution in [0.25, 0.3) is 0 Å². The fraction of sp³-hybridized carbons (Fsp3) is 0.857. The van der Waals surface area contributed by atoms with Crippen molar-refractivity contribution in [1.29, 1.82) is 0 Å². The number of urea groups is 1. The average Bonchev–Trinajstić information content (AvgIpc) is 2.22. The molecule has 0 radical (unpaired) electrons. The second kappa shape index (κ2) is 8.02. The van der Waals surface area contributed by atoms with Gasteiger partial charge in [-0.05, 0) is 17.8 Å². The molecule has 0 aliphatic heterocycles. The summed E-state index contributed by atoms with van der Waals surface area (Å²) < 4.78 is 0. The molecule has 0 heterocycles. The zero-order valence-electron chi connectivity index (χ0n) is 12.9. The summed E-state index contributed by atoms with van der Waals surface area (Å²) in [5.41, 5.74) is 0. The molecule has 0 saturated carbocycles. The molecule has 0 bridgehead atoms. The third-order valence-electron chi connectivity index (χ3n) is 2.67. The first-order chi connectivity index (χ1) is 8.65. The van der Waals surface area contributed by atoms with E-state index in [1.807, 2.05) is 27.7 Å². The number of carbonyl (C=O) groups excluding carboxylic acids is 1. The molecule has 0 saturated heterocycles. The molecule has 0 spiro atoms. The Morgan fingerprint density at radius 3 is 1.68 bits per heavy atom. The number of rotatable bonds is 7. The van der Waals surface area contributed by atoms with Gasteiger partial charge in [-0.15, -0.1) is 0 Å². The van der Waals surface area contributed by atoms with Crippen LogP contribution in [0.15, 0.2) is 0 Å². The highest BCUT2D eigenvalue weighted by atomic mass is 16.4. The molecule has 0 rings (SSSR count). The molecule has 0 fully saturated rings. The van der Waals surface area contributed by atoms with Gasteiger partial charge < -0.3 is 15.3 Å². The summed E-state index contributed by atoms with van der Waals surface area (Å²) in [5.74, 6) is -0.419. The molecule has 0 aliphatic rings. The van der Waals surface area contributed by atoms with Crippen molar-refractivity contribution < 1.29 is 14.7 Å². The third kappa shape index (κ3) is 7.03. The number of carboxylic acids is 1. The molecule has 5 heteroatoms. The van der Waals surface area contributed by atoms with Gasteiger partial charge in [-0.2, -0.15) is 0 Å². The number of hydrogen-bond acceptors (Lipinski definition) is 2. The number of carbonyl (C=O) groups is 2. The van der Waals surface area contributed by atoms with E-state index >= 15 is 0 Å². The third-order valence-corrected chi connectivity index (χ3v) is 2.67. The van der Waals surface area contributed by atoms with Crippen molar-refractivity contribution in [3.8, 4) is 0 Å². The van der Waals surface area contributed by atoms with Crippen LogP contribution in [-0.4, -0.2) is 41.1 Å². The van der Waals surface area contributed by atoms with Crippen LogP contribution in [0.3, 0.4) is 0 Å². The number of nitrogens with zero attached hydrogens (tertiary/aromatic N) is 1. The normalized spacial score (nSPS) is 12.9. The number of nitrogens with one attached hydrogen (secondary N) is 1. The highest BCUT2D eigenvalue weighted by Gasteiger charge is 2.26. The van der Waals surface area contributed by atoms with Crippen LogP contribution in [0.2, 0.25) is 0 Å². The Morgan fingerprint density at radius 1 is 1.00 bits per heavy atom. The van der Waals surface area contributed by atoms with Crippen molar-refractivity contribution in [2.45, 2.75) is 47.6 Å². The second-order valence-electron chi connectivity index (χ2n) is 6.20. The first-order valence-corrected chi connectivity index (χ1v) is 6.93. The molecular formula is C14H28N2O3. The molecule has 0 unspecified atom stereocenters. The average molecular weight is 272 g/mol. The van der Waals surface area contributed by atoms with Gasteiger partial charge in [0.15, 0.2) is 0 Å². The molecule has 0 aromatic carbocycles. The predicted molar refractivity (Wildman–Crippen MR) is 76.0 cm³/mol. The fourth-order valence-corrected chi connectivity index (χ4v) is 1.86. The molecule has 1 atom stereocenters. The molecular weight excluding hydrogens is 244 g/mol. The topological polar surface area (TPSA) is 69.6 Å². The van der Waals surface area contributed by atoms with Crippen LogP contribution in [0.1, 0.15) is 41.5 Å². The molecule has 0 aliphatic carbocycles. The number of aliphatic carboxylic acids is 1. The lowest BCUT2D eigenvalue weighted by molar-refractivity contribution is -0.140. The number of hydrogen-bond donors (Lipinski definition) is 2. The number of carboxylic acid groups (broad SMARTS) is 1. The highest BCUT2D eigenvalue weighted by Crippen LogP contribution is 2.07. The Bertz CT molecular complexity index is 291. The van der Waals surface area contributed by atoms with E-state index in [-0.39, 0.29) is 11.9 Å². The first kappa shape index (κ1) is 17.7. The zero-order valence-corrected chi connectivity index (χ0v) is 12.9. The summed E-state index contributed by atoms with van der Waals surface area (Å²) in [6, 6.07) is -1.13. The first-order valence-electron chi connectivity index (χ1n) is 6.93. The summed E-state index contributed by atoms with van der Waals surface area (Å²) in [5, 5.41) is 11.7. The molecule has 0 aromatic rings. The smallest absolute Gasteiger partial charge is 0.326 e. The van der Waals surface area contributed by atoms with Gasteiger partial charge in [0.1, 0.15) is 6.04 Å². The van der Waals surface area contributed by atoms with Crippen LogP contribution in [0.5, 0.6) is 0 Å². The maximum atomic E-state index is 12.2. The second-order valence-corrected chi connectivity index (χ2v) is 6.20. The van der Waals surface area contributed by atoms with Gasteiger partial charge in [-0.3, -0.25) is 0 Å². The van der Waals surface area contributed by atoms with Gasteiger partial charge in [-0.1, -0.05) is 41.5 Å². The number of amides is 2. The van der Waals surface area contributed by atoms with Crippen molar-refractivity contribution in [3.05, 3.63) is 0 Å². The minimum atomic E-state index is -0.989. The van der Waals surface area contributed by atoms with Crippen molar-refractivity contribution in [2.24, 2.45) is 17.8 Å². The van der Waals surface area contributed by atoms with Gasteiger partial charge in [0.05, 0.1) is 0 Å². The summed E-state index contributed by atoms with van der Waals surface area (Å²) in [6.45, 7) is 13.0. The van der Waals surface area contributed by atoms with Gasteiger partial charge in [0.25, 0.3) is 0 Å². The Hall–Kier alpha value is -1.26. The maximum Gasteiger partial charge on any atom is 0.326 e. The molecule has 19 heavy (non-hydrogen) atoms. The molecule has 0 aromatic heterocycles. The minimum absolute atomic E-state index is 0.138. The highest BCUT2D eigenvalue weighted by molar-refractivity contribution is 5.82. The van der Waals surface area contributed by atoms with Crippen LogP contribution >= 0.6 is 0 Å². The molecule has 112 valence electrons. The van der Waals surface area contributed by atoms with E-state index in [0.717, 1.165) is 0 Å². The zero-order chi connectivity index (χ0) is 15.2. The summed E-state index contributed by atoms with van der Waals surface area (Å²) >= 11 is 0. The van der Waals surface area contributed by atoms with Crippen molar-refractivity contribution in [1.82, 2.24) is 10.2 Å². The lowest BCUT2D eigenvalue weighted by Crippen LogP contribution is -2.51. The van der Waals surface area contributed by atoms with E-state index < -0.39 is 12.0 Å². The molecule has 5 nitrogen and oxygen atoms in total. The van der Waals surface area contributed by atoms with Crippen LogP contribution < -0.4 is 5.32 Å². The quantitative estimate of drug-likeness (QED) is 0.747. The van der Waals surface area contributed by atoms with Crippen molar-refractivity contribution in [2.75, 3.05) is 13.1 Å². The Morgan fingerprint density at radius 2 is 1.42 bits per heavy atom. The van der Waals surface area contributed by atoms with Gasteiger partial charge in [0, 0.05) is 13.1 Å². The van der Waals surface area contributed by atoms with E-state index in [1.165, 1.54) is 0 Å². The monoisotopic (exact) mass is 272 g/mol. The van der Waals surface area contributed by atoms with Gasteiger partial charge in [0.2, 0.25) is 0 Å². The van der Waals surface area contributed by atoms with E-state index in [4.69, 9.17) is 5.11 Å². The van der Waals surface area contributed by atoms with Crippen LogP contribution in [0, 0.1) is 17.8 Å². The van der Waals surface area contributed by atoms with Gasteiger partial charge >= 0.3 is 12.0 Å². The predicted octanol–water partition coefficient (Wildman–Crippen LogP) is 2.42. The van der Waals surface area contributed by atoms with E-state index in [0.29, 0.717) is 24.9 Å². The fourth-order valence-electron chi connectivity index (χ4n) is 1.86. The van der Waals surface area contributed by atoms with Crippen LogP contribution in [-0.2, 0) is 4.79 Å². The van der Waals surface area contributed by atoms with Crippen molar-refractivity contribution in [3.63, 3.8) is 0 Å². The summed E-state index contributed by atoms with van der Waals surface area (Å²) in [7, 11) is 0. The summed E-state index contributed by atoms with van der Waals surface area (Å²) in [4.78, 5) is 25.0. The van der Waals surface area contributed by atoms with Gasteiger partial charge in [-0.25, -0.2) is 9.59 Å². The minimum Gasteiger partial charge on any atom is -0.480 e. The van der Waals surface area contributed by atoms with Crippen molar-refractivity contribution >= 4 is 12.0 Å². The standard InChI is InChI=1S/C14H28N2O3/c1-9(2)7-16(8-10(3)4)14(19)15-12(11(5)6)13(17)18/h9-12H,7-8H2,1-6H3,(H,15,19)(H,17,18)/t12-/m0/s1. The Labute approximate surface area is 116 Å².